The lowest BCUT2D eigenvalue weighted by Gasteiger charge is -2.07. The van der Waals surface area contributed by atoms with E-state index in [4.69, 9.17) is 0 Å². The van der Waals surface area contributed by atoms with E-state index in [1.807, 2.05) is 0 Å². The third-order valence-corrected chi connectivity index (χ3v) is 1.51. The Balaban J connectivity index is 3.40. The van der Waals surface area contributed by atoms with Crippen LogP contribution in [0.4, 0.5) is 35.1 Å². The van der Waals surface area contributed by atoms with Crippen LogP contribution in [0.3, 0.4) is 0 Å². The maximum absolute atomic E-state index is 12.7. The van der Waals surface area contributed by atoms with E-state index in [1.54, 1.807) is 0 Å². The zero-order valence-electron chi connectivity index (χ0n) is 7.43. The van der Waals surface area contributed by atoms with E-state index in [0.717, 1.165) is 0 Å². The van der Waals surface area contributed by atoms with Crippen molar-refractivity contribution in [2.45, 2.75) is 0 Å². The first-order valence-electron chi connectivity index (χ1n) is 3.67. The van der Waals surface area contributed by atoms with Crippen molar-refractivity contribution in [1.82, 2.24) is 0 Å². The zero-order chi connectivity index (χ0) is 13.3. The van der Waals surface area contributed by atoms with Gasteiger partial charge in [0.1, 0.15) is 0 Å². The van der Waals surface area contributed by atoms with Crippen LogP contribution in [0.5, 0.6) is 5.75 Å². The molecule has 9 heteroatoms. The minimum atomic E-state index is -3.12. The van der Waals surface area contributed by atoms with Crippen molar-refractivity contribution in [2.75, 3.05) is 0 Å². The van der Waals surface area contributed by atoms with Crippen LogP contribution in [0.15, 0.2) is 12.1 Å². The normalized spacial score (nSPS) is 10.4. The number of hydrogen-bond donors (Lipinski definition) is 0. The number of rotatable bonds is 2. The van der Waals surface area contributed by atoms with Gasteiger partial charge >= 0.3 is 12.1 Å². The molecule has 17 heavy (non-hydrogen) atoms. The summed E-state index contributed by atoms with van der Waals surface area (Å²) in [4.78, 5) is 0. The fourth-order valence-electron chi connectivity index (χ4n) is 0.803. The lowest BCUT2D eigenvalue weighted by atomic mass is 10.2. The van der Waals surface area contributed by atoms with Crippen LogP contribution in [0.1, 0.15) is 0 Å². The molecule has 0 bridgehead atoms. The summed E-state index contributed by atoms with van der Waals surface area (Å²) in [5.41, 5.74) is 0. The molecule has 0 aliphatic carbocycles. The van der Waals surface area contributed by atoms with Gasteiger partial charge in [0.25, 0.3) is 0 Å². The quantitative estimate of drug-likeness (QED) is 0.341. The molecule has 0 saturated carbocycles. The first kappa shape index (κ1) is 13.3. The summed E-state index contributed by atoms with van der Waals surface area (Å²) in [6.45, 7) is 0. The predicted molar refractivity (Wildman–Crippen MR) is 37.2 cm³/mol. The Bertz CT molecular complexity index is 462. The molecule has 94 valence electrons. The molecule has 0 aliphatic rings. The van der Waals surface area contributed by atoms with Gasteiger partial charge < -0.3 is 4.74 Å². The minimum Gasteiger partial charge on any atom is -0.421 e. The Kier molecular flexibility index (Phi) is 3.59. The van der Waals surface area contributed by atoms with Crippen LogP contribution in [0.25, 0.3) is 0 Å². The van der Waals surface area contributed by atoms with Gasteiger partial charge in [0.05, 0.1) is 0 Å². The standard InChI is InChI=1S/C8F8O/c9-1-2(10)4(12)6(5(13)3(1)11)17-8(16)7(14)15. The Morgan fingerprint density at radius 3 is 1.35 bits per heavy atom. The lowest BCUT2D eigenvalue weighted by Crippen LogP contribution is -2.05. The average Bonchev–Trinajstić information content (AvgIpc) is 2.29. The topological polar surface area (TPSA) is 9.23 Å². The van der Waals surface area contributed by atoms with E-state index in [-0.39, 0.29) is 0 Å². The smallest absolute Gasteiger partial charge is 0.344 e. The molecule has 1 nitrogen and oxygen atoms in total. The first-order valence-corrected chi connectivity index (χ1v) is 3.67. The highest BCUT2D eigenvalue weighted by atomic mass is 19.3. The Morgan fingerprint density at radius 1 is 0.647 bits per heavy atom. The third kappa shape index (κ3) is 2.32. The van der Waals surface area contributed by atoms with Gasteiger partial charge in [-0.1, -0.05) is 0 Å². The molecule has 1 aromatic rings. The number of hydrogen-bond acceptors (Lipinski definition) is 1. The van der Waals surface area contributed by atoms with E-state index in [0.29, 0.717) is 0 Å². The van der Waals surface area contributed by atoms with E-state index >= 15 is 0 Å². The van der Waals surface area contributed by atoms with Crippen LogP contribution < -0.4 is 4.74 Å². The van der Waals surface area contributed by atoms with E-state index < -0.39 is 46.9 Å². The van der Waals surface area contributed by atoms with Crippen molar-refractivity contribution >= 4 is 0 Å². The highest BCUT2D eigenvalue weighted by molar-refractivity contribution is 5.30. The summed E-state index contributed by atoms with van der Waals surface area (Å²) in [7, 11) is 0. The highest BCUT2D eigenvalue weighted by Crippen LogP contribution is 2.31. The lowest BCUT2D eigenvalue weighted by molar-refractivity contribution is 0.218. The summed E-state index contributed by atoms with van der Waals surface area (Å²) in [6.07, 6.45) is -3.12. The number of ether oxygens (including phenoxy) is 1. The molecule has 1 aromatic carbocycles. The fraction of sp³-hybridized carbons (Fsp3) is 0. The van der Waals surface area contributed by atoms with Crippen LogP contribution in [-0.4, -0.2) is 0 Å². The molecule has 1 rings (SSSR count). The summed E-state index contributed by atoms with van der Waals surface area (Å²) in [6, 6.07) is -2.77. The highest BCUT2D eigenvalue weighted by Gasteiger charge is 2.28. The summed E-state index contributed by atoms with van der Waals surface area (Å²) < 4.78 is 101. The van der Waals surface area contributed by atoms with Crippen molar-refractivity contribution in [3.8, 4) is 5.75 Å². The first-order chi connectivity index (χ1) is 7.77. The van der Waals surface area contributed by atoms with Gasteiger partial charge in [-0.15, -0.1) is 0 Å². The number of benzene rings is 1. The molecule has 0 aliphatic heterocycles. The molecule has 0 heterocycles. The maximum atomic E-state index is 12.7. The summed E-state index contributed by atoms with van der Waals surface area (Å²) in [5, 5.41) is 0. The van der Waals surface area contributed by atoms with Gasteiger partial charge in [-0.05, 0) is 0 Å². The van der Waals surface area contributed by atoms with Gasteiger partial charge in [0.15, 0.2) is 0 Å². The fourth-order valence-corrected chi connectivity index (χ4v) is 0.803. The maximum Gasteiger partial charge on any atom is 0.344 e. The molecule has 0 atom stereocenters. The largest absolute Gasteiger partial charge is 0.421 e. The second kappa shape index (κ2) is 4.60. The average molecular weight is 264 g/mol. The van der Waals surface area contributed by atoms with Crippen molar-refractivity contribution in [1.29, 1.82) is 0 Å². The third-order valence-electron chi connectivity index (χ3n) is 1.51. The van der Waals surface area contributed by atoms with Gasteiger partial charge in [-0.2, -0.15) is 22.0 Å². The Labute approximate surface area is 87.9 Å². The molecule has 0 aromatic heterocycles. The van der Waals surface area contributed by atoms with Crippen molar-refractivity contribution in [2.24, 2.45) is 0 Å². The SMILES string of the molecule is FC(F)=C(F)Oc1c(F)c(F)c(F)c(F)c1F. The van der Waals surface area contributed by atoms with Gasteiger partial charge in [-0.3, -0.25) is 0 Å². The van der Waals surface area contributed by atoms with Crippen LogP contribution >= 0.6 is 0 Å². The summed E-state index contributed by atoms with van der Waals surface area (Å²) >= 11 is 0. The van der Waals surface area contributed by atoms with Crippen molar-refractivity contribution < 1.29 is 39.9 Å². The molecule has 0 unspecified atom stereocenters. The molecular weight excluding hydrogens is 264 g/mol. The molecule has 0 radical (unpaired) electrons. The van der Waals surface area contributed by atoms with Crippen LogP contribution in [-0.2, 0) is 0 Å². The van der Waals surface area contributed by atoms with E-state index in [1.165, 1.54) is 0 Å². The Morgan fingerprint density at radius 2 is 1.00 bits per heavy atom. The number of halogens is 8. The van der Waals surface area contributed by atoms with Crippen molar-refractivity contribution in [3.63, 3.8) is 0 Å². The molecule has 0 saturated heterocycles. The zero-order valence-corrected chi connectivity index (χ0v) is 7.43. The minimum absolute atomic E-state index is 2.15. The predicted octanol–water partition coefficient (Wildman–Crippen LogP) is 3.80. The molecule has 0 spiro atoms. The molecular formula is C8F8O. The second-order valence-electron chi connectivity index (χ2n) is 2.54. The van der Waals surface area contributed by atoms with Gasteiger partial charge in [0.2, 0.25) is 34.8 Å². The molecule has 0 amide bonds. The molecule has 0 N–H and O–H groups in total. The second-order valence-corrected chi connectivity index (χ2v) is 2.54. The van der Waals surface area contributed by atoms with Gasteiger partial charge in [-0.25, -0.2) is 13.2 Å². The molecule has 0 fully saturated rings. The summed E-state index contributed by atoms with van der Waals surface area (Å²) in [5.74, 6) is -14.7. The van der Waals surface area contributed by atoms with E-state index in [2.05, 4.69) is 4.74 Å². The van der Waals surface area contributed by atoms with Crippen LogP contribution in [0, 0.1) is 29.1 Å². The Hall–Kier alpha value is -1.80. The van der Waals surface area contributed by atoms with Crippen molar-refractivity contribution in [3.05, 3.63) is 41.2 Å². The monoisotopic (exact) mass is 264 g/mol. The van der Waals surface area contributed by atoms with Crippen LogP contribution in [0.2, 0.25) is 0 Å². The van der Waals surface area contributed by atoms with E-state index in [9.17, 15) is 35.1 Å². The van der Waals surface area contributed by atoms with Gasteiger partial charge in [0, 0.05) is 0 Å².